The van der Waals surface area contributed by atoms with E-state index in [9.17, 15) is 13.2 Å². The number of carbonyl (C=O) groups is 1. The first-order valence-corrected chi connectivity index (χ1v) is 8.62. The van der Waals surface area contributed by atoms with Gasteiger partial charge in [-0.15, -0.1) is 0 Å². The lowest BCUT2D eigenvalue weighted by atomic mass is 10.1. The number of ketones is 1. The predicted molar refractivity (Wildman–Crippen MR) is 85.5 cm³/mol. The van der Waals surface area contributed by atoms with E-state index in [0.717, 1.165) is 5.56 Å². The number of rotatable bonds is 2. The molecular formula is C17H17NO3S. The molecule has 4 nitrogen and oxygen atoms in total. The molecular weight excluding hydrogens is 298 g/mol. The van der Waals surface area contributed by atoms with Crippen LogP contribution in [-0.2, 0) is 21.2 Å². The van der Waals surface area contributed by atoms with Gasteiger partial charge in [-0.25, -0.2) is 8.42 Å². The molecule has 0 aliphatic carbocycles. The summed E-state index contributed by atoms with van der Waals surface area (Å²) in [6.45, 7) is 1.97. The summed E-state index contributed by atoms with van der Waals surface area (Å²) in [6.07, 6.45) is 0.524. The number of para-hydroxylation sites is 1. The van der Waals surface area contributed by atoms with Crippen LogP contribution in [0.5, 0.6) is 0 Å². The van der Waals surface area contributed by atoms with Crippen molar-refractivity contribution in [2.75, 3.05) is 10.8 Å². The number of sulfonamides is 1. The standard InChI is InChI=1S/C17H17NO3S/c1-13-6-2-5-9-17(13)22(20,21)18-11-10-15(19)12-14-7-3-4-8-16(14)18/h2-9H,10-12H2,1H3. The molecule has 2 aromatic rings. The second-order valence-corrected chi connectivity index (χ2v) is 7.27. The van der Waals surface area contributed by atoms with Crippen LogP contribution in [0.3, 0.4) is 0 Å². The zero-order chi connectivity index (χ0) is 15.7. The van der Waals surface area contributed by atoms with Gasteiger partial charge >= 0.3 is 0 Å². The van der Waals surface area contributed by atoms with E-state index in [0.29, 0.717) is 16.1 Å². The van der Waals surface area contributed by atoms with Gasteiger partial charge < -0.3 is 0 Å². The van der Waals surface area contributed by atoms with E-state index < -0.39 is 10.0 Å². The van der Waals surface area contributed by atoms with Gasteiger partial charge in [0.1, 0.15) is 5.78 Å². The average Bonchev–Trinajstić information content (AvgIpc) is 2.66. The fourth-order valence-corrected chi connectivity index (χ4v) is 4.50. The molecule has 0 N–H and O–H groups in total. The summed E-state index contributed by atoms with van der Waals surface area (Å²) < 4.78 is 27.5. The first-order valence-electron chi connectivity index (χ1n) is 7.18. The largest absolute Gasteiger partial charge is 0.299 e. The second kappa shape index (κ2) is 5.57. The maximum atomic E-state index is 13.0. The van der Waals surface area contributed by atoms with Gasteiger partial charge in [0.15, 0.2) is 0 Å². The smallest absolute Gasteiger partial charge is 0.264 e. The molecule has 0 atom stereocenters. The van der Waals surface area contributed by atoms with Crippen molar-refractivity contribution in [3.8, 4) is 0 Å². The van der Waals surface area contributed by atoms with Crippen molar-refractivity contribution in [2.45, 2.75) is 24.7 Å². The highest BCUT2D eigenvalue weighted by Gasteiger charge is 2.30. The molecule has 22 heavy (non-hydrogen) atoms. The number of fused-ring (bicyclic) bond motifs is 1. The Labute approximate surface area is 130 Å². The molecule has 1 heterocycles. The first kappa shape index (κ1) is 14.8. The van der Waals surface area contributed by atoms with Gasteiger partial charge in [0.2, 0.25) is 0 Å². The minimum absolute atomic E-state index is 0.0648. The van der Waals surface area contributed by atoms with Gasteiger partial charge in [0.25, 0.3) is 10.0 Å². The lowest BCUT2D eigenvalue weighted by Crippen LogP contribution is -2.32. The zero-order valence-corrected chi connectivity index (χ0v) is 13.1. The lowest BCUT2D eigenvalue weighted by molar-refractivity contribution is -0.118. The summed E-state index contributed by atoms with van der Waals surface area (Å²) in [4.78, 5) is 12.2. The molecule has 0 saturated carbocycles. The number of benzene rings is 2. The van der Waals surface area contributed by atoms with Crippen LogP contribution < -0.4 is 4.31 Å². The summed E-state index contributed by atoms with van der Waals surface area (Å²) >= 11 is 0. The van der Waals surface area contributed by atoms with Gasteiger partial charge in [-0.1, -0.05) is 36.4 Å². The Kier molecular flexibility index (Phi) is 3.74. The van der Waals surface area contributed by atoms with Gasteiger partial charge in [-0.05, 0) is 30.2 Å². The molecule has 1 aliphatic heterocycles. The fourth-order valence-electron chi connectivity index (χ4n) is 2.77. The topological polar surface area (TPSA) is 54.5 Å². The number of hydrogen-bond donors (Lipinski definition) is 0. The molecule has 0 saturated heterocycles. The Morgan fingerprint density at radius 2 is 1.68 bits per heavy atom. The molecule has 0 unspecified atom stereocenters. The summed E-state index contributed by atoms with van der Waals surface area (Å²) in [6, 6.07) is 14.1. The maximum Gasteiger partial charge on any atom is 0.264 e. The van der Waals surface area contributed by atoms with Crippen molar-refractivity contribution in [1.29, 1.82) is 0 Å². The molecule has 0 fully saturated rings. The Morgan fingerprint density at radius 3 is 2.45 bits per heavy atom. The van der Waals surface area contributed by atoms with Crippen LogP contribution in [0.15, 0.2) is 53.4 Å². The van der Waals surface area contributed by atoms with Crippen molar-refractivity contribution in [3.63, 3.8) is 0 Å². The second-order valence-electron chi connectivity index (χ2n) is 5.44. The molecule has 114 valence electrons. The van der Waals surface area contributed by atoms with Gasteiger partial charge in [0, 0.05) is 19.4 Å². The van der Waals surface area contributed by atoms with E-state index in [1.807, 2.05) is 18.2 Å². The van der Waals surface area contributed by atoms with Crippen molar-refractivity contribution < 1.29 is 13.2 Å². The van der Waals surface area contributed by atoms with Crippen molar-refractivity contribution >= 4 is 21.5 Å². The van der Waals surface area contributed by atoms with Crippen LogP contribution in [0.25, 0.3) is 0 Å². The Morgan fingerprint density at radius 1 is 1.00 bits per heavy atom. The molecule has 0 bridgehead atoms. The highest BCUT2D eigenvalue weighted by Crippen LogP contribution is 2.31. The maximum absolute atomic E-state index is 13.0. The predicted octanol–water partition coefficient (Wildman–Crippen LogP) is 2.71. The van der Waals surface area contributed by atoms with Crippen LogP contribution in [0.4, 0.5) is 5.69 Å². The molecule has 5 heteroatoms. The lowest BCUT2D eigenvalue weighted by Gasteiger charge is -2.25. The molecule has 0 amide bonds. The van der Waals surface area contributed by atoms with E-state index in [2.05, 4.69) is 0 Å². The average molecular weight is 315 g/mol. The third kappa shape index (κ3) is 2.52. The number of carbonyl (C=O) groups excluding carboxylic acids is 1. The number of anilines is 1. The minimum atomic E-state index is -3.67. The fraction of sp³-hybridized carbons (Fsp3) is 0.235. The molecule has 0 radical (unpaired) electrons. The van der Waals surface area contributed by atoms with E-state index >= 15 is 0 Å². The van der Waals surface area contributed by atoms with Gasteiger partial charge in [-0.2, -0.15) is 0 Å². The van der Waals surface area contributed by atoms with Crippen molar-refractivity contribution in [1.82, 2.24) is 0 Å². The molecule has 0 aromatic heterocycles. The van der Waals surface area contributed by atoms with Crippen molar-refractivity contribution in [3.05, 3.63) is 59.7 Å². The summed E-state index contributed by atoms with van der Waals surface area (Å²) in [5.74, 6) is 0.0648. The highest BCUT2D eigenvalue weighted by molar-refractivity contribution is 7.92. The summed E-state index contributed by atoms with van der Waals surface area (Å²) in [7, 11) is -3.67. The molecule has 2 aromatic carbocycles. The quantitative estimate of drug-likeness (QED) is 0.856. The summed E-state index contributed by atoms with van der Waals surface area (Å²) in [5, 5.41) is 0. The minimum Gasteiger partial charge on any atom is -0.299 e. The number of aryl methyl sites for hydroxylation is 1. The van der Waals surface area contributed by atoms with E-state index in [4.69, 9.17) is 0 Å². The van der Waals surface area contributed by atoms with E-state index in [1.165, 1.54) is 4.31 Å². The molecule has 0 spiro atoms. The van der Waals surface area contributed by atoms with E-state index in [-0.39, 0.29) is 25.2 Å². The molecule has 1 aliphatic rings. The Balaban J connectivity index is 2.15. The number of Topliss-reactive ketones (excluding diaryl/α,β-unsaturated/α-hetero) is 1. The first-order chi connectivity index (χ1) is 10.5. The molecule has 3 rings (SSSR count). The normalized spacial score (nSPS) is 15.3. The van der Waals surface area contributed by atoms with Crippen molar-refractivity contribution in [2.24, 2.45) is 0 Å². The highest BCUT2D eigenvalue weighted by atomic mass is 32.2. The monoisotopic (exact) mass is 315 g/mol. The van der Waals surface area contributed by atoms with Crippen LogP contribution in [0.2, 0.25) is 0 Å². The van der Waals surface area contributed by atoms with Gasteiger partial charge in [-0.3, -0.25) is 9.10 Å². The van der Waals surface area contributed by atoms with E-state index in [1.54, 1.807) is 37.3 Å². The SMILES string of the molecule is Cc1ccccc1S(=O)(=O)N1CCC(=O)Cc2ccccc21. The third-order valence-corrected chi connectivity index (χ3v) is 5.88. The third-order valence-electron chi connectivity index (χ3n) is 3.90. The van der Waals surface area contributed by atoms with Crippen LogP contribution >= 0.6 is 0 Å². The van der Waals surface area contributed by atoms with Crippen LogP contribution in [0.1, 0.15) is 17.5 Å². The number of nitrogens with zero attached hydrogens (tertiary/aromatic N) is 1. The zero-order valence-electron chi connectivity index (χ0n) is 12.3. The Hall–Kier alpha value is -2.14. The van der Waals surface area contributed by atoms with Gasteiger partial charge in [0.05, 0.1) is 10.6 Å². The number of hydrogen-bond acceptors (Lipinski definition) is 3. The van der Waals surface area contributed by atoms with Crippen LogP contribution in [0, 0.1) is 6.92 Å². The van der Waals surface area contributed by atoms with Crippen LogP contribution in [-0.4, -0.2) is 20.7 Å². The summed E-state index contributed by atoms with van der Waals surface area (Å²) in [5.41, 5.74) is 2.08. The Bertz CT molecular complexity index is 827.